The van der Waals surface area contributed by atoms with Crippen molar-refractivity contribution < 1.29 is 19.0 Å². The molecule has 1 aliphatic heterocycles. The fraction of sp³-hybridized carbons (Fsp3) is 0.348. The van der Waals surface area contributed by atoms with Gasteiger partial charge in [0.25, 0.3) is 0 Å². The SMILES string of the molecule is CCCn1ncn(C2(c3ccccc3)CNCCN2C(=O)OC(O)c2ccc(F)cc2)c1=O. The van der Waals surface area contributed by atoms with E-state index in [-0.39, 0.29) is 24.3 Å². The summed E-state index contributed by atoms with van der Waals surface area (Å²) in [4.78, 5) is 28.0. The third-order valence-corrected chi connectivity index (χ3v) is 5.72. The highest BCUT2D eigenvalue weighted by Gasteiger charge is 2.47. The zero-order valence-corrected chi connectivity index (χ0v) is 18.2. The zero-order chi connectivity index (χ0) is 23.4. The summed E-state index contributed by atoms with van der Waals surface area (Å²) < 4.78 is 21.4. The molecule has 1 fully saturated rings. The van der Waals surface area contributed by atoms with E-state index in [9.17, 15) is 19.1 Å². The van der Waals surface area contributed by atoms with Crippen LogP contribution >= 0.6 is 0 Å². The van der Waals surface area contributed by atoms with Gasteiger partial charge in [-0.05, 0) is 36.2 Å². The molecule has 1 aliphatic rings. The van der Waals surface area contributed by atoms with E-state index in [1.807, 2.05) is 37.3 Å². The number of benzene rings is 2. The van der Waals surface area contributed by atoms with Crippen molar-refractivity contribution in [1.82, 2.24) is 24.6 Å². The number of piperazine rings is 1. The van der Waals surface area contributed by atoms with Crippen LogP contribution in [0.15, 0.2) is 65.7 Å². The van der Waals surface area contributed by atoms with Gasteiger partial charge in [-0.15, -0.1) is 0 Å². The van der Waals surface area contributed by atoms with Crippen LogP contribution in [0.4, 0.5) is 9.18 Å². The van der Waals surface area contributed by atoms with Gasteiger partial charge in [-0.2, -0.15) is 5.10 Å². The molecule has 1 saturated heterocycles. The highest BCUT2D eigenvalue weighted by Crippen LogP contribution is 2.32. The van der Waals surface area contributed by atoms with E-state index in [0.717, 1.165) is 6.42 Å². The maximum absolute atomic E-state index is 13.4. The summed E-state index contributed by atoms with van der Waals surface area (Å²) in [6.45, 7) is 3.30. The van der Waals surface area contributed by atoms with Gasteiger partial charge >= 0.3 is 11.8 Å². The second-order valence-electron chi connectivity index (χ2n) is 7.81. The van der Waals surface area contributed by atoms with Crippen LogP contribution in [-0.4, -0.2) is 50.1 Å². The first kappa shape index (κ1) is 22.7. The van der Waals surface area contributed by atoms with Crippen molar-refractivity contribution in [3.8, 4) is 0 Å². The molecule has 0 aliphatic carbocycles. The second-order valence-corrected chi connectivity index (χ2v) is 7.81. The Morgan fingerprint density at radius 2 is 1.97 bits per heavy atom. The molecule has 0 saturated carbocycles. The van der Waals surface area contributed by atoms with Crippen molar-refractivity contribution in [2.24, 2.45) is 0 Å². The number of hydrogen-bond acceptors (Lipinski definition) is 6. The van der Waals surface area contributed by atoms with Crippen molar-refractivity contribution in [2.75, 3.05) is 19.6 Å². The highest BCUT2D eigenvalue weighted by atomic mass is 19.1. The van der Waals surface area contributed by atoms with Crippen LogP contribution in [-0.2, 0) is 16.9 Å². The van der Waals surface area contributed by atoms with Crippen LogP contribution in [0.1, 0.15) is 30.8 Å². The molecule has 174 valence electrons. The topological polar surface area (TPSA) is 102 Å². The van der Waals surface area contributed by atoms with E-state index in [4.69, 9.17) is 4.74 Å². The number of amides is 1. The molecule has 0 bridgehead atoms. The minimum absolute atomic E-state index is 0.218. The van der Waals surface area contributed by atoms with E-state index in [1.54, 1.807) is 0 Å². The summed E-state index contributed by atoms with van der Waals surface area (Å²) in [5.41, 5.74) is -0.703. The Labute approximate surface area is 190 Å². The van der Waals surface area contributed by atoms with Crippen LogP contribution in [0.2, 0.25) is 0 Å². The molecular weight excluding hydrogens is 429 g/mol. The number of ether oxygens (including phenoxy) is 1. The molecule has 4 rings (SSSR count). The van der Waals surface area contributed by atoms with Crippen molar-refractivity contribution >= 4 is 6.09 Å². The lowest BCUT2D eigenvalue weighted by Crippen LogP contribution is -2.66. The Balaban J connectivity index is 1.75. The van der Waals surface area contributed by atoms with Crippen LogP contribution in [0.5, 0.6) is 0 Å². The van der Waals surface area contributed by atoms with Gasteiger partial charge in [0.2, 0.25) is 6.29 Å². The van der Waals surface area contributed by atoms with Gasteiger partial charge in [-0.25, -0.2) is 18.7 Å². The van der Waals surface area contributed by atoms with Crippen LogP contribution in [0.3, 0.4) is 0 Å². The van der Waals surface area contributed by atoms with Crippen molar-refractivity contribution in [3.63, 3.8) is 0 Å². The molecule has 0 radical (unpaired) electrons. The standard InChI is InChI=1S/C23H26FN5O4/c1-2-13-29-21(31)28(16-26-29)23(18-6-4-3-5-7-18)15-25-12-14-27(23)22(32)33-20(30)17-8-10-19(24)11-9-17/h3-11,16,20,25,30H,2,12-15H2,1H3. The van der Waals surface area contributed by atoms with Gasteiger partial charge in [0.1, 0.15) is 12.1 Å². The average Bonchev–Trinajstić information content (AvgIpc) is 3.20. The minimum Gasteiger partial charge on any atom is -0.415 e. The quantitative estimate of drug-likeness (QED) is 0.552. The monoisotopic (exact) mass is 455 g/mol. The van der Waals surface area contributed by atoms with E-state index in [1.165, 1.54) is 44.7 Å². The number of carbonyl (C=O) groups excluding carboxylic acids is 1. The minimum atomic E-state index is -1.60. The van der Waals surface area contributed by atoms with Gasteiger partial charge in [0, 0.05) is 31.7 Å². The first-order valence-corrected chi connectivity index (χ1v) is 10.8. The summed E-state index contributed by atoms with van der Waals surface area (Å²) in [6.07, 6.45) is -0.258. The Morgan fingerprint density at radius 1 is 1.24 bits per heavy atom. The molecule has 2 unspecified atom stereocenters. The lowest BCUT2D eigenvalue weighted by molar-refractivity contribution is -0.0846. The number of halogens is 1. The zero-order valence-electron chi connectivity index (χ0n) is 18.2. The Hall–Kier alpha value is -3.50. The molecule has 2 aromatic carbocycles. The van der Waals surface area contributed by atoms with Crippen LogP contribution in [0.25, 0.3) is 0 Å². The number of rotatable bonds is 6. The number of nitrogens with zero attached hydrogens (tertiary/aromatic N) is 4. The summed E-state index contributed by atoms with van der Waals surface area (Å²) in [6, 6.07) is 14.2. The van der Waals surface area contributed by atoms with Gasteiger partial charge in [-0.1, -0.05) is 37.3 Å². The Morgan fingerprint density at radius 3 is 2.67 bits per heavy atom. The fourth-order valence-electron chi connectivity index (χ4n) is 4.10. The van der Waals surface area contributed by atoms with Gasteiger partial charge in [0.15, 0.2) is 5.66 Å². The maximum atomic E-state index is 13.4. The molecule has 2 N–H and O–H groups in total. The molecule has 2 atom stereocenters. The molecule has 33 heavy (non-hydrogen) atoms. The molecule has 0 spiro atoms. The maximum Gasteiger partial charge on any atom is 0.414 e. The normalized spacial score (nSPS) is 19.3. The molecule has 2 heterocycles. The van der Waals surface area contributed by atoms with E-state index < -0.39 is 23.9 Å². The predicted molar refractivity (Wildman–Crippen MR) is 118 cm³/mol. The summed E-state index contributed by atoms with van der Waals surface area (Å²) in [5.74, 6) is -0.467. The number of hydrogen-bond donors (Lipinski definition) is 2. The first-order valence-electron chi connectivity index (χ1n) is 10.8. The number of aromatic nitrogens is 3. The molecule has 3 aromatic rings. The number of aliphatic hydroxyl groups excluding tert-OH is 1. The third-order valence-electron chi connectivity index (χ3n) is 5.72. The van der Waals surface area contributed by atoms with Crippen molar-refractivity contribution in [3.05, 3.63) is 88.4 Å². The molecular formula is C23H26FN5O4. The predicted octanol–water partition coefficient (Wildman–Crippen LogP) is 2.03. The molecule has 1 aromatic heterocycles. The lowest BCUT2D eigenvalue weighted by atomic mass is 9.95. The third kappa shape index (κ3) is 4.27. The highest BCUT2D eigenvalue weighted by molar-refractivity contribution is 5.70. The Kier molecular flexibility index (Phi) is 6.57. The summed E-state index contributed by atoms with van der Waals surface area (Å²) in [5, 5.41) is 18.0. The van der Waals surface area contributed by atoms with E-state index in [2.05, 4.69) is 10.4 Å². The van der Waals surface area contributed by atoms with Gasteiger partial charge < -0.3 is 15.2 Å². The average molecular weight is 455 g/mol. The number of aryl methyl sites for hydroxylation is 1. The van der Waals surface area contributed by atoms with Gasteiger partial charge in [0.05, 0.1) is 0 Å². The lowest BCUT2D eigenvalue weighted by Gasteiger charge is -2.47. The van der Waals surface area contributed by atoms with E-state index >= 15 is 0 Å². The number of carbonyl (C=O) groups is 1. The summed E-state index contributed by atoms with van der Waals surface area (Å²) in [7, 11) is 0. The number of nitrogens with one attached hydrogen (secondary N) is 1. The Bertz CT molecular complexity index is 1150. The smallest absolute Gasteiger partial charge is 0.414 e. The van der Waals surface area contributed by atoms with Crippen LogP contribution < -0.4 is 11.0 Å². The van der Waals surface area contributed by atoms with Crippen molar-refractivity contribution in [2.45, 2.75) is 31.8 Å². The summed E-state index contributed by atoms with van der Waals surface area (Å²) >= 11 is 0. The molecule has 1 amide bonds. The molecule has 10 heteroatoms. The molecule has 9 nitrogen and oxygen atoms in total. The van der Waals surface area contributed by atoms with Crippen molar-refractivity contribution in [1.29, 1.82) is 0 Å². The van der Waals surface area contributed by atoms with Gasteiger partial charge in [-0.3, -0.25) is 9.47 Å². The first-order chi connectivity index (χ1) is 16.0. The number of aliphatic hydroxyl groups is 1. The van der Waals surface area contributed by atoms with E-state index in [0.29, 0.717) is 18.7 Å². The fourth-order valence-corrected chi connectivity index (χ4v) is 4.10. The van der Waals surface area contributed by atoms with Crippen LogP contribution in [0, 0.1) is 5.82 Å². The second kappa shape index (κ2) is 9.55. The largest absolute Gasteiger partial charge is 0.415 e.